The molecule has 1 aromatic carbocycles. The van der Waals surface area contributed by atoms with Gasteiger partial charge in [-0.15, -0.1) is 0 Å². The van der Waals surface area contributed by atoms with Crippen molar-refractivity contribution < 1.29 is 19.4 Å². The summed E-state index contributed by atoms with van der Waals surface area (Å²) in [5.41, 5.74) is 0.266. The normalized spacial score (nSPS) is 16.7. The fraction of sp³-hybridized carbons (Fsp3) is 0.529. The van der Waals surface area contributed by atoms with Gasteiger partial charge in [-0.25, -0.2) is 4.79 Å². The first kappa shape index (κ1) is 18.1. The van der Waals surface area contributed by atoms with Gasteiger partial charge in [0.05, 0.1) is 18.4 Å². The van der Waals surface area contributed by atoms with E-state index in [1.807, 2.05) is 6.92 Å². The van der Waals surface area contributed by atoms with Gasteiger partial charge in [-0.05, 0) is 38.0 Å². The third-order valence-electron chi connectivity index (χ3n) is 4.19. The Bertz CT molecular complexity index is 616. The van der Waals surface area contributed by atoms with E-state index in [4.69, 9.17) is 4.74 Å². The molecule has 3 N–H and O–H groups in total. The zero-order valence-electron chi connectivity index (χ0n) is 14.4. The molecule has 1 aromatic rings. The molecular formula is C17H25N3O4. The highest BCUT2D eigenvalue weighted by atomic mass is 16.5. The topological polar surface area (TPSA) is 90.9 Å². The average molecular weight is 335 g/mol. The maximum absolute atomic E-state index is 12.0. The predicted octanol–water partition coefficient (Wildman–Crippen LogP) is 2.10. The summed E-state index contributed by atoms with van der Waals surface area (Å²) < 4.78 is 5.32. The number of nitrogens with zero attached hydrogens (tertiary/aromatic N) is 1. The van der Waals surface area contributed by atoms with Crippen molar-refractivity contribution in [3.63, 3.8) is 0 Å². The summed E-state index contributed by atoms with van der Waals surface area (Å²) in [5.74, 6) is 0.638. The van der Waals surface area contributed by atoms with Gasteiger partial charge in [0.25, 0.3) is 0 Å². The quantitative estimate of drug-likeness (QED) is 0.742. The lowest BCUT2D eigenvalue weighted by Gasteiger charge is -2.22. The summed E-state index contributed by atoms with van der Waals surface area (Å²) in [6.07, 6.45) is 1.87. The van der Waals surface area contributed by atoms with Gasteiger partial charge in [0.1, 0.15) is 5.75 Å². The molecule has 7 heteroatoms. The first-order valence-electron chi connectivity index (χ1n) is 8.12. The van der Waals surface area contributed by atoms with E-state index < -0.39 is 11.6 Å². The number of nitrogens with one attached hydrogen (secondary N) is 2. The summed E-state index contributed by atoms with van der Waals surface area (Å²) in [6.45, 7) is 4.31. The first-order valence-corrected chi connectivity index (χ1v) is 8.12. The Morgan fingerprint density at radius 2 is 2.21 bits per heavy atom. The summed E-state index contributed by atoms with van der Waals surface area (Å²) in [6, 6.07) is 4.74. The molecule has 0 spiro atoms. The van der Waals surface area contributed by atoms with Crippen LogP contribution in [0.3, 0.4) is 0 Å². The van der Waals surface area contributed by atoms with Crippen LogP contribution < -0.4 is 20.3 Å². The van der Waals surface area contributed by atoms with Crippen molar-refractivity contribution in [2.45, 2.75) is 38.7 Å². The molecular weight excluding hydrogens is 310 g/mol. The molecule has 1 unspecified atom stereocenters. The van der Waals surface area contributed by atoms with Gasteiger partial charge in [0, 0.05) is 25.2 Å². The van der Waals surface area contributed by atoms with Crippen molar-refractivity contribution in [1.82, 2.24) is 5.32 Å². The van der Waals surface area contributed by atoms with E-state index in [0.29, 0.717) is 36.5 Å². The standard InChI is InChI=1S/C17H25N3O4/c1-4-17(2,23)11-18-16(22)19-12-7-8-14(24-3)13(10-12)20-9-5-6-15(20)21/h7-8,10,23H,4-6,9,11H2,1-3H3,(H2,18,19,22). The SMILES string of the molecule is CCC(C)(O)CNC(=O)Nc1ccc(OC)c(N2CCCC2=O)c1. The van der Waals surface area contributed by atoms with Gasteiger partial charge < -0.3 is 25.4 Å². The zero-order valence-corrected chi connectivity index (χ0v) is 14.4. The molecule has 3 amide bonds. The van der Waals surface area contributed by atoms with Crippen LogP contribution >= 0.6 is 0 Å². The molecule has 0 aromatic heterocycles. The highest BCUT2D eigenvalue weighted by molar-refractivity contribution is 5.98. The van der Waals surface area contributed by atoms with Crippen LogP contribution in [0.15, 0.2) is 18.2 Å². The lowest BCUT2D eigenvalue weighted by molar-refractivity contribution is -0.117. The third kappa shape index (κ3) is 4.38. The monoisotopic (exact) mass is 335 g/mol. The second-order valence-corrected chi connectivity index (χ2v) is 6.19. The molecule has 1 fully saturated rings. The number of amides is 3. The van der Waals surface area contributed by atoms with Gasteiger partial charge in [-0.2, -0.15) is 0 Å². The van der Waals surface area contributed by atoms with Crippen molar-refractivity contribution >= 4 is 23.3 Å². The van der Waals surface area contributed by atoms with E-state index in [-0.39, 0.29) is 12.5 Å². The molecule has 24 heavy (non-hydrogen) atoms. The minimum absolute atomic E-state index is 0.0499. The van der Waals surface area contributed by atoms with Crippen LogP contribution in [0.1, 0.15) is 33.1 Å². The Morgan fingerprint density at radius 3 is 2.79 bits per heavy atom. The van der Waals surface area contributed by atoms with E-state index >= 15 is 0 Å². The Morgan fingerprint density at radius 1 is 1.46 bits per heavy atom. The molecule has 0 radical (unpaired) electrons. The van der Waals surface area contributed by atoms with Crippen LogP contribution in [-0.2, 0) is 4.79 Å². The van der Waals surface area contributed by atoms with E-state index in [1.165, 1.54) is 0 Å². The van der Waals surface area contributed by atoms with Crippen LogP contribution in [0.5, 0.6) is 5.75 Å². The lowest BCUT2D eigenvalue weighted by atomic mass is 10.0. The van der Waals surface area contributed by atoms with Gasteiger partial charge in [0.15, 0.2) is 0 Å². The Labute approximate surface area is 142 Å². The van der Waals surface area contributed by atoms with Crippen LogP contribution in [0.25, 0.3) is 0 Å². The fourth-order valence-corrected chi connectivity index (χ4v) is 2.45. The highest BCUT2D eigenvalue weighted by Crippen LogP contribution is 2.33. The second kappa shape index (κ2) is 7.53. The number of hydrogen-bond acceptors (Lipinski definition) is 4. The molecule has 1 aliphatic heterocycles. The molecule has 0 aliphatic carbocycles. The number of ether oxygens (including phenoxy) is 1. The molecule has 132 valence electrons. The zero-order chi connectivity index (χ0) is 17.7. The minimum Gasteiger partial charge on any atom is -0.495 e. The number of urea groups is 1. The van der Waals surface area contributed by atoms with E-state index in [2.05, 4.69) is 10.6 Å². The van der Waals surface area contributed by atoms with Gasteiger partial charge in [-0.1, -0.05) is 6.92 Å². The average Bonchev–Trinajstić information content (AvgIpc) is 2.99. The summed E-state index contributed by atoms with van der Waals surface area (Å²) >= 11 is 0. The van der Waals surface area contributed by atoms with Gasteiger partial charge in [-0.3, -0.25) is 4.79 Å². The second-order valence-electron chi connectivity index (χ2n) is 6.19. The molecule has 0 saturated carbocycles. The summed E-state index contributed by atoms with van der Waals surface area (Å²) in [7, 11) is 1.55. The Kier molecular flexibility index (Phi) is 5.66. The number of aliphatic hydroxyl groups is 1. The van der Waals surface area contributed by atoms with Crippen LogP contribution in [0, 0.1) is 0 Å². The largest absolute Gasteiger partial charge is 0.495 e. The number of carbonyl (C=O) groups excluding carboxylic acids is 2. The van der Waals surface area contributed by atoms with Crippen LogP contribution in [0.4, 0.5) is 16.2 Å². The van der Waals surface area contributed by atoms with Gasteiger partial charge >= 0.3 is 6.03 Å². The molecule has 1 atom stereocenters. The number of carbonyl (C=O) groups is 2. The maximum Gasteiger partial charge on any atom is 0.319 e. The number of hydrogen-bond donors (Lipinski definition) is 3. The first-order chi connectivity index (χ1) is 11.4. The van der Waals surface area contributed by atoms with E-state index in [0.717, 1.165) is 6.42 Å². The van der Waals surface area contributed by atoms with Crippen molar-refractivity contribution in [3.05, 3.63) is 18.2 Å². The van der Waals surface area contributed by atoms with Crippen LogP contribution in [-0.4, -0.2) is 42.8 Å². The smallest absolute Gasteiger partial charge is 0.319 e. The molecule has 2 rings (SSSR count). The Hall–Kier alpha value is -2.28. The molecule has 7 nitrogen and oxygen atoms in total. The highest BCUT2D eigenvalue weighted by Gasteiger charge is 2.25. The third-order valence-corrected chi connectivity index (χ3v) is 4.19. The van der Waals surface area contributed by atoms with Crippen LogP contribution in [0.2, 0.25) is 0 Å². The molecule has 1 heterocycles. The van der Waals surface area contributed by atoms with E-state index in [1.54, 1.807) is 37.1 Å². The van der Waals surface area contributed by atoms with Crippen molar-refractivity contribution in [3.8, 4) is 5.75 Å². The van der Waals surface area contributed by atoms with Crippen molar-refractivity contribution in [1.29, 1.82) is 0 Å². The number of anilines is 2. The predicted molar refractivity (Wildman–Crippen MR) is 92.5 cm³/mol. The Balaban J connectivity index is 2.08. The number of rotatable bonds is 6. The lowest BCUT2D eigenvalue weighted by Crippen LogP contribution is -2.41. The van der Waals surface area contributed by atoms with E-state index in [9.17, 15) is 14.7 Å². The number of benzene rings is 1. The van der Waals surface area contributed by atoms with Crippen molar-refractivity contribution in [2.75, 3.05) is 30.4 Å². The number of methoxy groups -OCH3 is 1. The summed E-state index contributed by atoms with van der Waals surface area (Å²) in [4.78, 5) is 25.6. The summed E-state index contributed by atoms with van der Waals surface area (Å²) in [5, 5.41) is 15.3. The maximum atomic E-state index is 12.0. The molecule has 0 bridgehead atoms. The molecule has 1 aliphatic rings. The van der Waals surface area contributed by atoms with Gasteiger partial charge in [0.2, 0.25) is 5.91 Å². The fourth-order valence-electron chi connectivity index (χ4n) is 2.45. The van der Waals surface area contributed by atoms with Crippen molar-refractivity contribution in [2.24, 2.45) is 0 Å². The molecule has 1 saturated heterocycles. The minimum atomic E-state index is -0.940.